The van der Waals surface area contributed by atoms with Crippen LogP contribution < -0.4 is 10.6 Å². The minimum atomic E-state index is -0.506. The van der Waals surface area contributed by atoms with E-state index in [9.17, 15) is 9.59 Å². The van der Waals surface area contributed by atoms with Gasteiger partial charge in [0, 0.05) is 23.0 Å². The van der Waals surface area contributed by atoms with E-state index in [4.69, 9.17) is 16.3 Å². The van der Waals surface area contributed by atoms with Crippen molar-refractivity contribution >= 4 is 34.5 Å². The van der Waals surface area contributed by atoms with Gasteiger partial charge in [-0.05, 0) is 70.2 Å². The van der Waals surface area contributed by atoms with Crippen LogP contribution in [-0.2, 0) is 4.74 Å². The van der Waals surface area contributed by atoms with Crippen LogP contribution in [0.25, 0.3) is 10.9 Å². The van der Waals surface area contributed by atoms with Crippen molar-refractivity contribution in [1.82, 2.24) is 15.6 Å². The van der Waals surface area contributed by atoms with Gasteiger partial charge in [0.1, 0.15) is 11.3 Å². The molecule has 1 aliphatic rings. The van der Waals surface area contributed by atoms with E-state index in [0.29, 0.717) is 23.2 Å². The van der Waals surface area contributed by atoms with Gasteiger partial charge in [-0.3, -0.25) is 4.79 Å². The van der Waals surface area contributed by atoms with Gasteiger partial charge in [-0.2, -0.15) is 0 Å². The van der Waals surface area contributed by atoms with Crippen LogP contribution in [-0.4, -0.2) is 35.2 Å². The number of hydrogen-bond acceptors (Lipinski definition) is 4. The zero-order chi connectivity index (χ0) is 20.3. The summed E-state index contributed by atoms with van der Waals surface area (Å²) >= 11 is 5.98. The number of pyridine rings is 1. The van der Waals surface area contributed by atoms with Gasteiger partial charge in [-0.15, -0.1) is 0 Å². The lowest BCUT2D eigenvalue weighted by Crippen LogP contribution is -2.38. The number of ether oxygens (including phenoxy) is 1. The first kappa shape index (κ1) is 20.4. The van der Waals surface area contributed by atoms with Crippen LogP contribution in [0, 0.1) is 5.92 Å². The Kier molecular flexibility index (Phi) is 6.08. The number of rotatable bonds is 4. The number of nitrogens with zero attached hydrogens (tertiary/aromatic N) is 1. The van der Waals surface area contributed by atoms with E-state index in [-0.39, 0.29) is 18.0 Å². The molecule has 0 bridgehead atoms. The molecule has 0 radical (unpaired) electrons. The summed E-state index contributed by atoms with van der Waals surface area (Å²) < 4.78 is 5.30. The Morgan fingerprint density at radius 3 is 2.75 bits per heavy atom. The number of aromatic nitrogens is 1. The highest BCUT2D eigenvalue weighted by molar-refractivity contribution is 6.31. The Bertz CT molecular complexity index is 879. The molecule has 28 heavy (non-hydrogen) atoms. The molecule has 1 aromatic carbocycles. The number of fused-ring (bicyclic) bond motifs is 1. The normalized spacial score (nSPS) is 19.4. The first-order valence-corrected chi connectivity index (χ1v) is 9.91. The summed E-state index contributed by atoms with van der Waals surface area (Å²) in [5, 5.41) is 7.41. The zero-order valence-corrected chi connectivity index (χ0v) is 17.2. The number of carbonyl (C=O) groups is 2. The van der Waals surface area contributed by atoms with Crippen molar-refractivity contribution in [1.29, 1.82) is 0 Å². The SMILES string of the molecule is CC(C)(C)OC(=O)NC1CCC(CNC(=O)c2ccc3cc(Cl)ccc3n2)C1. The second-order valence-electron chi connectivity index (χ2n) is 8.27. The standard InChI is InChI=1S/C21H26ClN3O3/c1-21(2,3)28-20(27)24-16-7-4-13(10-16)12-23-19(26)18-8-5-14-11-15(22)6-9-17(14)25-18/h5-6,8-9,11,13,16H,4,7,10,12H2,1-3H3,(H,23,26)(H,24,27). The summed E-state index contributed by atoms with van der Waals surface area (Å²) in [6, 6.07) is 9.02. The van der Waals surface area contributed by atoms with E-state index in [1.54, 1.807) is 18.2 Å². The lowest BCUT2D eigenvalue weighted by atomic mass is 10.1. The number of alkyl carbamates (subject to hydrolysis) is 1. The van der Waals surface area contributed by atoms with E-state index in [1.807, 2.05) is 32.9 Å². The quantitative estimate of drug-likeness (QED) is 0.797. The number of amides is 2. The van der Waals surface area contributed by atoms with E-state index < -0.39 is 5.60 Å². The molecule has 0 aliphatic heterocycles. The van der Waals surface area contributed by atoms with Gasteiger partial charge >= 0.3 is 6.09 Å². The molecule has 2 amide bonds. The van der Waals surface area contributed by atoms with Gasteiger partial charge in [0.05, 0.1) is 5.52 Å². The minimum Gasteiger partial charge on any atom is -0.444 e. The van der Waals surface area contributed by atoms with Crippen LogP contribution in [0.5, 0.6) is 0 Å². The molecule has 0 saturated heterocycles. The Balaban J connectivity index is 1.49. The van der Waals surface area contributed by atoms with Gasteiger partial charge in [0.2, 0.25) is 0 Å². The van der Waals surface area contributed by atoms with Crippen molar-refractivity contribution < 1.29 is 14.3 Å². The fourth-order valence-electron chi connectivity index (χ4n) is 3.42. The molecule has 1 heterocycles. The molecule has 1 aromatic heterocycles. The molecule has 2 unspecified atom stereocenters. The third-order valence-corrected chi connectivity index (χ3v) is 4.93. The van der Waals surface area contributed by atoms with Crippen molar-refractivity contribution in [2.45, 2.75) is 51.7 Å². The van der Waals surface area contributed by atoms with E-state index in [2.05, 4.69) is 15.6 Å². The molecule has 3 rings (SSSR count). The van der Waals surface area contributed by atoms with Crippen LogP contribution in [0.15, 0.2) is 30.3 Å². The number of hydrogen-bond donors (Lipinski definition) is 2. The van der Waals surface area contributed by atoms with E-state index >= 15 is 0 Å². The molecular weight excluding hydrogens is 378 g/mol. The predicted molar refractivity (Wildman–Crippen MR) is 110 cm³/mol. The van der Waals surface area contributed by atoms with E-state index in [1.165, 1.54) is 0 Å². The van der Waals surface area contributed by atoms with Crippen LogP contribution in [0.4, 0.5) is 4.79 Å². The van der Waals surface area contributed by atoms with Gasteiger partial charge < -0.3 is 15.4 Å². The van der Waals surface area contributed by atoms with Crippen molar-refractivity contribution in [3.8, 4) is 0 Å². The van der Waals surface area contributed by atoms with Crippen molar-refractivity contribution in [3.05, 3.63) is 41.0 Å². The number of halogens is 1. The van der Waals surface area contributed by atoms with Gasteiger partial charge in [-0.25, -0.2) is 9.78 Å². The van der Waals surface area contributed by atoms with Crippen molar-refractivity contribution in [2.75, 3.05) is 6.54 Å². The Labute approximate surface area is 170 Å². The Morgan fingerprint density at radius 2 is 2.00 bits per heavy atom. The van der Waals surface area contributed by atoms with Gasteiger partial charge in [0.25, 0.3) is 5.91 Å². The van der Waals surface area contributed by atoms with Crippen molar-refractivity contribution in [2.24, 2.45) is 5.92 Å². The average Bonchev–Trinajstić information content (AvgIpc) is 3.04. The summed E-state index contributed by atoms with van der Waals surface area (Å²) in [4.78, 5) is 28.7. The lowest BCUT2D eigenvalue weighted by Gasteiger charge is -2.21. The molecule has 150 valence electrons. The molecular formula is C21H26ClN3O3. The third kappa shape index (κ3) is 5.58. The van der Waals surface area contributed by atoms with E-state index in [0.717, 1.165) is 30.2 Å². The minimum absolute atomic E-state index is 0.0836. The monoisotopic (exact) mass is 403 g/mol. The Morgan fingerprint density at radius 1 is 1.21 bits per heavy atom. The average molecular weight is 404 g/mol. The lowest BCUT2D eigenvalue weighted by molar-refractivity contribution is 0.0504. The number of nitrogens with one attached hydrogen (secondary N) is 2. The molecule has 7 heteroatoms. The maximum Gasteiger partial charge on any atom is 0.407 e. The smallest absolute Gasteiger partial charge is 0.407 e. The predicted octanol–water partition coefficient (Wildman–Crippen LogP) is 4.31. The van der Waals surface area contributed by atoms with Crippen LogP contribution in [0.3, 0.4) is 0 Å². The van der Waals surface area contributed by atoms with Crippen LogP contribution in [0.1, 0.15) is 50.5 Å². The molecule has 1 aliphatic carbocycles. The molecule has 2 N–H and O–H groups in total. The summed E-state index contributed by atoms with van der Waals surface area (Å²) in [5.74, 6) is 0.128. The Hall–Kier alpha value is -2.34. The zero-order valence-electron chi connectivity index (χ0n) is 16.4. The molecule has 6 nitrogen and oxygen atoms in total. The molecule has 0 spiro atoms. The second kappa shape index (κ2) is 8.35. The highest BCUT2D eigenvalue weighted by atomic mass is 35.5. The molecule has 2 aromatic rings. The number of carbonyl (C=O) groups excluding carboxylic acids is 2. The third-order valence-electron chi connectivity index (χ3n) is 4.70. The second-order valence-corrected chi connectivity index (χ2v) is 8.70. The highest BCUT2D eigenvalue weighted by Gasteiger charge is 2.28. The van der Waals surface area contributed by atoms with Gasteiger partial charge in [0.15, 0.2) is 0 Å². The first-order chi connectivity index (χ1) is 13.2. The van der Waals surface area contributed by atoms with Crippen LogP contribution in [0.2, 0.25) is 5.02 Å². The number of benzene rings is 1. The maximum atomic E-state index is 12.4. The topological polar surface area (TPSA) is 80.3 Å². The van der Waals surface area contributed by atoms with Crippen LogP contribution >= 0.6 is 11.6 Å². The summed E-state index contributed by atoms with van der Waals surface area (Å²) in [7, 11) is 0. The highest BCUT2D eigenvalue weighted by Crippen LogP contribution is 2.25. The van der Waals surface area contributed by atoms with Gasteiger partial charge in [-0.1, -0.05) is 17.7 Å². The maximum absolute atomic E-state index is 12.4. The fraction of sp³-hybridized carbons (Fsp3) is 0.476. The molecule has 1 saturated carbocycles. The first-order valence-electron chi connectivity index (χ1n) is 9.53. The molecule has 2 atom stereocenters. The molecule has 1 fully saturated rings. The van der Waals surface area contributed by atoms with Crippen molar-refractivity contribution in [3.63, 3.8) is 0 Å². The largest absolute Gasteiger partial charge is 0.444 e. The fourth-order valence-corrected chi connectivity index (χ4v) is 3.60. The summed E-state index contributed by atoms with van der Waals surface area (Å²) in [5.41, 5.74) is 0.615. The summed E-state index contributed by atoms with van der Waals surface area (Å²) in [6.45, 7) is 6.09. The summed E-state index contributed by atoms with van der Waals surface area (Å²) in [6.07, 6.45) is 2.27.